The molecule has 0 saturated heterocycles. The molecule has 162 valence electrons. The first-order valence-electron chi connectivity index (χ1n) is 9.90. The van der Waals surface area contributed by atoms with Crippen molar-refractivity contribution in [2.45, 2.75) is 6.42 Å². The Bertz CT molecular complexity index is 1220. The van der Waals surface area contributed by atoms with Gasteiger partial charge in [0.1, 0.15) is 17.4 Å². The van der Waals surface area contributed by atoms with Gasteiger partial charge in [0, 0.05) is 25.0 Å². The summed E-state index contributed by atoms with van der Waals surface area (Å²) in [5.74, 6) is 3.61. The third-order valence-electron chi connectivity index (χ3n) is 5.41. The van der Waals surface area contributed by atoms with Crippen LogP contribution in [-0.2, 0) is 6.42 Å². The van der Waals surface area contributed by atoms with Gasteiger partial charge in [0.15, 0.2) is 28.8 Å². The molecule has 0 aliphatic heterocycles. The zero-order chi connectivity index (χ0) is 22.0. The van der Waals surface area contributed by atoms with Crippen LogP contribution in [-0.4, -0.2) is 57.0 Å². The molecule has 0 aliphatic rings. The Kier molecular flexibility index (Phi) is 5.70. The number of benzene rings is 2. The lowest BCUT2D eigenvalue weighted by Gasteiger charge is -2.19. The van der Waals surface area contributed by atoms with Crippen molar-refractivity contribution in [3.05, 3.63) is 42.2 Å². The molecule has 8 nitrogen and oxygen atoms in total. The van der Waals surface area contributed by atoms with E-state index in [4.69, 9.17) is 18.9 Å². The fraction of sp³-hybridized carbons (Fsp3) is 0.304. The van der Waals surface area contributed by atoms with Gasteiger partial charge < -0.3 is 28.8 Å². The number of aromatic amines is 1. The molecular formula is C23H26N4O4. The molecule has 0 spiro atoms. The first kappa shape index (κ1) is 20.6. The smallest absolute Gasteiger partial charge is 0.162 e. The quantitative estimate of drug-likeness (QED) is 0.462. The highest BCUT2D eigenvalue weighted by molar-refractivity contribution is 6.09. The second-order valence-electron chi connectivity index (χ2n) is 7.16. The van der Waals surface area contributed by atoms with Crippen LogP contribution in [0, 0.1) is 0 Å². The standard InChI is InChI=1S/C23H26N4O4/c1-27(9-8-14-6-7-17(28-2)18(10-14)29-3)23-22-21(24-13-25-23)15-11-19(30-4)20(31-5)12-16(15)26-22/h6-7,10-13,26H,8-9H2,1-5H3. The van der Waals surface area contributed by atoms with Crippen molar-refractivity contribution in [2.75, 3.05) is 46.9 Å². The monoisotopic (exact) mass is 422 g/mol. The fourth-order valence-corrected chi connectivity index (χ4v) is 3.74. The number of hydrogen-bond acceptors (Lipinski definition) is 7. The van der Waals surface area contributed by atoms with E-state index < -0.39 is 0 Å². The number of hydrogen-bond donors (Lipinski definition) is 1. The third kappa shape index (κ3) is 3.76. The maximum Gasteiger partial charge on any atom is 0.162 e. The maximum absolute atomic E-state index is 5.45. The number of H-pyrrole nitrogens is 1. The first-order valence-corrected chi connectivity index (χ1v) is 9.90. The van der Waals surface area contributed by atoms with E-state index in [9.17, 15) is 0 Å². The Morgan fingerprint density at radius 2 is 1.52 bits per heavy atom. The number of nitrogens with one attached hydrogen (secondary N) is 1. The zero-order valence-corrected chi connectivity index (χ0v) is 18.4. The van der Waals surface area contributed by atoms with Gasteiger partial charge in [-0.05, 0) is 30.2 Å². The minimum Gasteiger partial charge on any atom is -0.493 e. The number of anilines is 1. The Balaban J connectivity index is 1.64. The summed E-state index contributed by atoms with van der Waals surface area (Å²) < 4.78 is 21.6. The molecule has 0 radical (unpaired) electrons. The van der Waals surface area contributed by atoms with Crippen LogP contribution in [0.15, 0.2) is 36.7 Å². The summed E-state index contributed by atoms with van der Waals surface area (Å²) in [6.07, 6.45) is 2.42. The highest BCUT2D eigenvalue weighted by atomic mass is 16.5. The molecule has 31 heavy (non-hydrogen) atoms. The summed E-state index contributed by atoms with van der Waals surface area (Å²) >= 11 is 0. The molecule has 8 heteroatoms. The van der Waals surface area contributed by atoms with E-state index in [1.807, 2.05) is 37.4 Å². The minimum absolute atomic E-state index is 0.665. The van der Waals surface area contributed by atoms with Gasteiger partial charge in [-0.3, -0.25) is 0 Å². The van der Waals surface area contributed by atoms with Crippen LogP contribution >= 0.6 is 0 Å². The second-order valence-corrected chi connectivity index (χ2v) is 7.16. The topological polar surface area (TPSA) is 81.7 Å². The summed E-state index contributed by atoms with van der Waals surface area (Å²) in [5, 5.41) is 0.963. The van der Waals surface area contributed by atoms with Crippen LogP contribution < -0.4 is 23.8 Å². The van der Waals surface area contributed by atoms with E-state index in [0.29, 0.717) is 11.5 Å². The Morgan fingerprint density at radius 1 is 0.839 bits per heavy atom. The molecule has 4 aromatic rings. The van der Waals surface area contributed by atoms with E-state index in [0.717, 1.165) is 57.8 Å². The normalized spacial score (nSPS) is 11.0. The van der Waals surface area contributed by atoms with Crippen molar-refractivity contribution in [1.29, 1.82) is 0 Å². The molecule has 1 N–H and O–H groups in total. The predicted octanol–water partition coefficient (Wildman–Crippen LogP) is 3.82. The molecule has 2 aromatic heterocycles. The summed E-state index contributed by atoms with van der Waals surface area (Å²) in [6.45, 7) is 0.767. The molecule has 0 saturated carbocycles. The Hall–Kier alpha value is -3.68. The fourth-order valence-electron chi connectivity index (χ4n) is 3.74. The van der Waals surface area contributed by atoms with Gasteiger partial charge in [0.05, 0.1) is 34.0 Å². The lowest BCUT2D eigenvalue weighted by molar-refractivity contribution is 0.354. The summed E-state index contributed by atoms with van der Waals surface area (Å²) in [5.41, 5.74) is 3.80. The van der Waals surface area contributed by atoms with Crippen LogP contribution in [0.4, 0.5) is 5.82 Å². The molecule has 0 amide bonds. The van der Waals surface area contributed by atoms with Crippen molar-refractivity contribution >= 4 is 27.8 Å². The maximum atomic E-state index is 5.45. The first-order chi connectivity index (χ1) is 15.1. The Morgan fingerprint density at radius 3 is 2.23 bits per heavy atom. The van der Waals surface area contributed by atoms with Gasteiger partial charge in [-0.1, -0.05) is 6.07 Å². The molecule has 0 fully saturated rings. The van der Waals surface area contributed by atoms with Gasteiger partial charge >= 0.3 is 0 Å². The van der Waals surface area contributed by atoms with Gasteiger partial charge in [0.2, 0.25) is 0 Å². The minimum atomic E-state index is 0.665. The summed E-state index contributed by atoms with van der Waals surface area (Å²) in [4.78, 5) is 14.6. The summed E-state index contributed by atoms with van der Waals surface area (Å²) in [6, 6.07) is 9.84. The van der Waals surface area contributed by atoms with Crippen LogP contribution in [0.25, 0.3) is 21.9 Å². The van der Waals surface area contributed by atoms with E-state index >= 15 is 0 Å². The third-order valence-corrected chi connectivity index (χ3v) is 5.41. The van der Waals surface area contributed by atoms with Crippen LogP contribution in [0.3, 0.4) is 0 Å². The van der Waals surface area contributed by atoms with Gasteiger partial charge in [-0.25, -0.2) is 9.97 Å². The lowest BCUT2D eigenvalue weighted by Crippen LogP contribution is -2.21. The highest BCUT2D eigenvalue weighted by Gasteiger charge is 2.16. The van der Waals surface area contributed by atoms with Gasteiger partial charge in [0.25, 0.3) is 0 Å². The Labute approximate surface area is 180 Å². The molecule has 0 atom stereocenters. The number of nitrogens with zero attached hydrogens (tertiary/aromatic N) is 3. The van der Waals surface area contributed by atoms with E-state index in [1.54, 1.807) is 34.8 Å². The number of likely N-dealkylation sites (N-methyl/N-ethyl adjacent to an activating group) is 1. The van der Waals surface area contributed by atoms with Gasteiger partial charge in [-0.15, -0.1) is 0 Å². The average molecular weight is 422 g/mol. The van der Waals surface area contributed by atoms with Crippen molar-refractivity contribution < 1.29 is 18.9 Å². The van der Waals surface area contributed by atoms with Gasteiger partial charge in [-0.2, -0.15) is 0 Å². The predicted molar refractivity (Wildman–Crippen MR) is 121 cm³/mol. The molecule has 2 aromatic carbocycles. The number of fused-ring (bicyclic) bond motifs is 3. The zero-order valence-electron chi connectivity index (χ0n) is 18.4. The molecule has 4 rings (SSSR count). The molecular weight excluding hydrogens is 396 g/mol. The van der Waals surface area contributed by atoms with E-state index in [-0.39, 0.29) is 0 Å². The number of ether oxygens (including phenoxy) is 4. The van der Waals surface area contributed by atoms with Crippen LogP contribution in [0.1, 0.15) is 5.56 Å². The summed E-state index contributed by atoms with van der Waals surface area (Å²) in [7, 11) is 8.55. The average Bonchev–Trinajstić information content (AvgIpc) is 3.18. The number of aromatic nitrogens is 3. The lowest BCUT2D eigenvalue weighted by atomic mass is 10.1. The van der Waals surface area contributed by atoms with Crippen LogP contribution in [0.5, 0.6) is 23.0 Å². The highest BCUT2D eigenvalue weighted by Crippen LogP contribution is 2.36. The number of methoxy groups -OCH3 is 4. The van der Waals surface area contributed by atoms with Crippen LogP contribution in [0.2, 0.25) is 0 Å². The van der Waals surface area contributed by atoms with E-state index in [2.05, 4.69) is 19.9 Å². The molecule has 0 aliphatic carbocycles. The largest absolute Gasteiger partial charge is 0.493 e. The number of rotatable bonds is 8. The van der Waals surface area contributed by atoms with Crippen molar-refractivity contribution in [1.82, 2.24) is 15.0 Å². The second kappa shape index (κ2) is 8.59. The van der Waals surface area contributed by atoms with Crippen molar-refractivity contribution in [2.24, 2.45) is 0 Å². The molecule has 0 unspecified atom stereocenters. The molecule has 0 bridgehead atoms. The van der Waals surface area contributed by atoms with E-state index in [1.165, 1.54) is 0 Å². The molecule has 2 heterocycles. The van der Waals surface area contributed by atoms with Crippen molar-refractivity contribution in [3.63, 3.8) is 0 Å². The van der Waals surface area contributed by atoms with Crippen molar-refractivity contribution in [3.8, 4) is 23.0 Å². The SMILES string of the molecule is COc1ccc(CCN(C)c2ncnc3c2[nH]c2cc(OC)c(OC)cc23)cc1OC.